The maximum absolute atomic E-state index is 13.5. The predicted octanol–water partition coefficient (Wildman–Crippen LogP) is 5.91. The number of methoxy groups -OCH3 is 1. The van der Waals surface area contributed by atoms with Gasteiger partial charge in [0, 0.05) is 25.0 Å². The van der Waals surface area contributed by atoms with E-state index in [-0.39, 0.29) is 30.5 Å². The zero-order valence-electron chi connectivity index (χ0n) is 20.4. The molecule has 11 heteroatoms. The first-order chi connectivity index (χ1) is 17.3. The number of hydrogen-bond acceptors (Lipinski definition) is 5. The van der Waals surface area contributed by atoms with E-state index in [1.807, 2.05) is 6.07 Å². The molecular weight excluding hydrogens is 504 g/mol. The van der Waals surface area contributed by atoms with E-state index in [0.717, 1.165) is 5.56 Å². The number of rotatable bonds is 6. The molecule has 202 valence electrons. The van der Waals surface area contributed by atoms with E-state index >= 15 is 0 Å². The summed E-state index contributed by atoms with van der Waals surface area (Å²) >= 11 is 0. The maximum Gasteiger partial charge on any atom is 0.416 e. The highest BCUT2D eigenvalue weighted by Crippen LogP contribution is 2.43. The van der Waals surface area contributed by atoms with Gasteiger partial charge in [-0.1, -0.05) is 13.0 Å². The monoisotopic (exact) mass is 531 g/mol. The number of benzene rings is 2. The van der Waals surface area contributed by atoms with E-state index < -0.39 is 35.1 Å². The minimum absolute atomic E-state index is 0.0756. The largest absolute Gasteiger partial charge is 0.486 e. The molecule has 0 radical (unpaired) electrons. The molecular formula is C26H27F6NO4. The quantitative estimate of drug-likeness (QED) is 0.343. The van der Waals surface area contributed by atoms with Crippen LogP contribution in [0, 0.1) is 11.8 Å². The van der Waals surface area contributed by atoms with Crippen molar-refractivity contribution in [3.05, 3.63) is 58.7 Å². The van der Waals surface area contributed by atoms with Gasteiger partial charge in [-0.15, -0.1) is 0 Å². The summed E-state index contributed by atoms with van der Waals surface area (Å²) < 4.78 is 96.9. The van der Waals surface area contributed by atoms with Gasteiger partial charge in [-0.3, -0.25) is 9.69 Å². The molecule has 3 unspecified atom stereocenters. The van der Waals surface area contributed by atoms with Gasteiger partial charge in [0.1, 0.15) is 12.7 Å². The lowest BCUT2D eigenvalue weighted by atomic mass is 9.88. The number of esters is 1. The Kier molecular flexibility index (Phi) is 7.38. The first-order valence-corrected chi connectivity index (χ1v) is 11.8. The number of carbonyl (C=O) groups excluding carboxylic acids is 1. The van der Waals surface area contributed by atoms with Crippen LogP contribution in [-0.2, 0) is 28.3 Å². The Morgan fingerprint density at radius 2 is 1.73 bits per heavy atom. The van der Waals surface area contributed by atoms with Crippen LogP contribution in [0.1, 0.15) is 42.1 Å². The summed E-state index contributed by atoms with van der Waals surface area (Å²) in [6.45, 7) is 4.16. The fourth-order valence-electron chi connectivity index (χ4n) is 4.77. The van der Waals surface area contributed by atoms with Crippen molar-refractivity contribution in [3.8, 4) is 11.5 Å². The Morgan fingerprint density at radius 1 is 1.03 bits per heavy atom. The summed E-state index contributed by atoms with van der Waals surface area (Å²) in [5.41, 5.74) is -1.74. The fraction of sp³-hybridized carbons (Fsp3) is 0.500. The highest BCUT2D eigenvalue weighted by Gasteiger charge is 2.43. The van der Waals surface area contributed by atoms with E-state index in [0.29, 0.717) is 49.2 Å². The van der Waals surface area contributed by atoms with Crippen molar-refractivity contribution >= 4 is 5.97 Å². The van der Waals surface area contributed by atoms with Crippen LogP contribution >= 0.6 is 0 Å². The van der Waals surface area contributed by atoms with E-state index in [9.17, 15) is 31.1 Å². The van der Waals surface area contributed by atoms with E-state index in [1.54, 1.807) is 24.0 Å². The number of hydrogen-bond donors (Lipinski definition) is 0. The van der Waals surface area contributed by atoms with Crippen molar-refractivity contribution in [1.82, 2.24) is 4.90 Å². The molecule has 1 saturated heterocycles. The van der Waals surface area contributed by atoms with Crippen molar-refractivity contribution in [1.29, 1.82) is 0 Å². The molecule has 37 heavy (non-hydrogen) atoms. The molecule has 2 heterocycles. The lowest BCUT2D eigenvalue weighted by Gasteiger charge is -2.47. The molecule has 0 N–H and O–H groups in total. The smallest absolute Gasteiger partial charge is 0.416 e. The molecule has 2 aliphatic heterocycles. The molecule has 0 aliphatic carbocycles. The SMILES string of the molecule is COC(=O)C(C)Cc1ccc2c(c1)OC(C1CN(C(C)c3cc(C(F)(F)F)ccc3C(F)(F)F)C1)CO2. The van der Waals surface area contributed by atoms with Crippen LogP contribution in [0.25, 0.3) is 0 Å². The second kappa shape index (κ2) is 10.1. The van der Waals surface area contributed by atoms with Crippen LogP contribution in [-0.4, -0.2) is 43.8 Å². The Bertz CT molecular complexity index is 1140. The van der Waals surface area contributed by atoms with Crippen LogP contribution in [0.2, 0.25) is 0 Å². The molecule has 2 aromatic rings. The lowest BCUT2D eigenvalue weighted by molar-refractivity contribution is -0.144. The maximum atomic E-state index is 13.5. The summed E-state index contributed by atoms with van der Waals surface area (Å²) in [6, 6.07) is 6.06. The third-order valence-corrected chi connectivity index (χ3v) is 6.98. The average Bonchev–Trinajstić information content (AvgIpc) is 2.80. The van der Waals surface area contributed by atoms with Gasteiger partial charge in [-0.25, -0.2) is 0 Å². The van der Waals surface area contributed by atoms with Crippen molar-refractivity contribution in [2.24, 2.45) is 11.8 Å². The summed E-state index contributed by atoms with van der Waals surface area (Å²) in [5, 5.41) is 0. The lowest BCUT2D eigenvalue weighted by Crippen LogP contribution is -2.56. The van der Waals surface area contributed by atoms with Crippen molar-refractivity contribution in [2.45, 2.75) is 44.8 Å². The second-order valence-electron chi connectivity index (χ2n) is 9.56. The number of fused-ring (bicyclic) bond motifs is 1. The molecule has 0 aromatic heterocycles. The van der Waals surface area contributed by atoms with Crippen LogP contribution in [0.4, 0.5) is 26.3 Å². The molecule has 4 rings (SSSR count). The molecule has 0 spiro atoms. The number of ether oxygens (including phenoxy) is 3. The van der Waals surface area contributed by atoms with E-state index in [4.69, 9.17) is 14.2 Å². The van der Waals surface area contributed by atoms with Gasteiger partial charge in [0.15, 0.2) is 11.5 Å². The van der Waals surface area contributed by atoms with Gasteiger partial charge in [-0.2, -0.15) is 26.3 Å². The zero-order valence-corrected chi connectivity index (χ0v) is 20.4. The van der Waals surface area contributed by atoms with Gasteiger partial charge in [0.2, 0.25) is 0 Å². The van der Waals surface area contributed by atoms with Gasteiger partial charge in [0.05, 0.1) is 24.2 Å². The molecule has 0 bridgehead atoms. The van der Waals surface area contributed by atoms with E-state index in [1.165, 1.54) is 14.0 Å². The Morgan fingerprint density at radius 3 is 2.35 bits per heavy atom. The Balaban J connectivity index is 1.44. The number of nitrogens with zero attached hydrogens (tertiary/aromatic N) is 1. The normalized spacial score (nSPS) is 20.2. The van der Waals surface area contributed by atoms with Gasteiger partial charge in [0.25, 0.3) is 0 Å². The standard InChI is InChI=1S/C26H27F6NO4/c1-14(24(34)35-3)8-16-4-7-21-22(9-16)37-23(13-36-21)17-11-33(12-17)15(2)19-10-18(25(27,28)29)5-6-20(19)26(30,31)32/h4-7,9-10,14-15,17,23H,8,11-13H2,1-3H3. The highest BCUT2D eigenvalue weighted by molar-refractivity contribution is 5.72. The number of alkyl halides is 6. The summed E-state index contributed by atoms with van der Waals surface area (Å²) in [7, 11) is 1.33. The highest BCUT2D eigenvalue weighted by atomic mass is 19.4. The molecule has 2 aliphatic rings. The number of halogens is 6. The second-order valence-corrected chi connectivity index (χ2v) is 9.56. The van der Waals surface area contributed by atoms with Crippen molar-refractivity contribution < 1.29 is 45.3 Å². The van der Waals surface area contributed by atoms with Gasteiger partial charge in [-0.05, 0) is 54.8 Å². The molecule has 1 fully saturated rings. The zero-order chi connectivity index (χ0) is 27.1. The Labute approximate surface area is 210 Å². The molecule has 0 amide bonds. The van der Waals surface area contributed by atoms with Crippen LogP contribution in [0.5, 0.6) is 11.5 Å². The van der Waals surface area contributed by atoms with Crippen molar-refractivity contribution in [3.63, 3.8) is 0 Å². The number of likely N-dealkylation sites (tertiary alicyclic amines) is 1. The van der Waals surface area contributed by atoms with Gasteiger partial charge < -0.3 is 14.2 Å². The summed E-state index contributed by atoms with van der Waals surface area (Å²) in [5.74, 6) is 0.311. The molecule has 3 atom stereocenters. The third-order valence-electron chi connectivity index (χ3n) is 6.98. The molecule has 2 aromatic carbocycles. The number of carbonyl (C=O) groups is 1. The third kappa shape index (κ3) is 5.81. The summed E-state index contributed by atoms with van der Waals surface area (Å²) in [6.07, 6.45) is -9.44. The van der Waals surface area contributed by atoms with Gasteiger partial charge >= 0.3 is 18.3 Å². The molecule has 0 saturated carbocycles. The fourth-order valence-corrected chi connectivity index (χ4v) is 4.77. The topological polar surface area (TPSA) is 48.0 Å². The van der Waals surface area contributed by atoms with E-state index in [2.05, 4.69) is 0 Å². The minimum Gasteiger partial charge on any atom is -0.486 e. The van der Waals surface area contributed by atoms with Crippen LogP contribution < -0.4 is 9.47 Å². The minimum atomic E-state index is -4.77. The van der Waals surface area contributed by atoms with Crippen LogP contribution in [0.15, 0.2) is 36.4 Å². The van der Waals surface area contributed by atoms with Crippen LogP contribution in [0.3, 0.4) is 0 Å². The predicted molar refractivity (Wildman–Crippen MR) is 121 cm³/mol. The average molecular weight is 531 g/mol. The first-order valence-electron chi connectivity index (χ1n) is 11.8. The first kappa shape index (κ1) is 27.1. The Hall–Kier alpha value is -2.95. The summed E-state index contributed by atoms with van der Waals surface area (Å²) in [4.78, 5) is 13.4. The van der Waals surface area contributed by atoms with Crippen molar-refractivity contribution in [2.75, 3.05) is 26.8 Å². The molecule has 5 nitrogen and oxygen atoms in total.